The lowest BCUT2D eigenvalue weighted by molar-refractivity contribution is -0.128. The average Bonchev–Trinajstić information content (AvgIpc) is 2.60. The molecule has 2 heterocycles. The van der Waals surface area contributed by atoms with Gasteiger partial charge in [0.2, 0.25) is 11.8 Å². The largest absolute Gasteiger partial charge is 0.354 e. The highest BCUT2D eigenvalue weighted by Gasteiger charge is 2.22. The van der Waals surface area contributed by atoms with Gasteiger partial charge >= 0.3 is 4.87 Å². The van der Waals surface area contributed by atoms with Crippen LogP contribution in [-0.4, -0.2) is 29.0 Å². The van der Waals surface area contributed by atoms with Crippen molar-refractivity contribution in [2.24, 2.45) is 0 Å². The molecule has 0 spiro atoms. The third kappa shape index (κ3) is 3.69. The van der Waals surface area contributed by atoms with E-state index in [2.05, 4.69) is 10.6 Å². The molecule has 1 aromatic rings. The van der Waals surface area contributed by atoms with Crippen molar-refractivity contribution in [2.45, 2.75) is 45.2 Å². The molecular formula is C13H19N3O3S. The lowest BCUT2D eigenvalue weighted by Gasteiger charge is -2.15. The van der Waals surface area contributed by atoms with Crippen LogP contribution in [0.15, 0.2) is 10.2 Å². The van der Waals surface area contributed by atoms with Crippen molar-refractivity contribution in [3.63, 3.8) is 0 Å². The van der Waals surface area contributed by atoms with Crippen LogP contribution in [0.2, 0.25) is 0 Å². The molecule has 7 heteroatoms. The first-order chi connectivity index (χ1) is 9.58. The molecule has 1 saturated heterocycles. The van der Waals surface area contributed by atoms with E-state index in [4.69, 9.17) is 0 Å². The molecule has 20 heavy (non-hydrogen) atoms. The van der Waals surface area contributed by atoms with Gasteiger partial charge in [-0.3, -0.25) is 14.4 Å². The van der Waals surface area contributed by atoms with Crippen molar-refractivity contribution in [3.8, 4) is 0 Å². The summed E-state index contributed by atoms with van der Waals surface area (Å²) in [5.41, 5.74) is 0.861. The molecule has 0 bridgehead atoms. The maximum atomic E-state index is 11.9. The van der Waals surface area contributed by atoms with Gasteiger partial charge in [-0.05, 0) is 26.2 Å². The van der Waals surface area contributed by atoms with Crippen LogP contribution in [0.1, 0.15) is 31.4 Å². The van der Waals surface area contributed by atoms with Crippen molar-refractivity contribution < 1.29 is 9.59 Å². The molecule has 1 aliphatic rings. The zero-order chi connectivity index (χ0) is 14.5. The number of thiazole rings is 1. The third-order valence-corrected chi connectivity index (χ3v) is 4.29. The van der Waals surface area contributed by atoms with Crippen LogP contribution in [-0.2, 0) is 16.1 Å². The van der Waals surface area contributed by atoms with Gasteiger partial charge in [0.05, 0.1) is 0 Å². The summed E-state index contributed by atoms with van der Waals surface area (Å²) in [6.45, 7) is 2.87. The molecule has 110 valence electrons. The van der Waals surface area contributed by atoms with Crippen molar-refractivity contribution in [1.29, 1.82) is 0 Å². The van der Waals surface area contributed by atoms with E-state index in [0.29, 0.717) is 19.5 Å². The van der Waals surface area contributed by atoms with Gasteiger partial charge in [-0.1, -0.05) is 11.3 Å². The van der Waals surface area contributed by atoms with E-state index in [1.807, 2.05) is 6.92 Å². The van der Waals surface area contributed by atoms with Gasteiger partial charge in [0.1, 0.15) is 6.04 Å². The van der Waals surface area contributed by atoms with Gasteiger partial charge in [0.15, 0.2) is 0 Å². The van der Waals surface area contributed by atoms with Crippen LogP contribution >= 0.6 is 11.3 Å². The Bertz CT molecular complexity index is 549. The second kappa shape index (κ2) is 6.69. The number of rotatable bonds is 4. The molecule has 1 fully saturated rings. The molecule has 0 saturated carbocycles. The lowest BCUT2D eigenvalue weighted by Crippen LogP contribution is -2.45. The number of hydrogen-bond donors (Lipinski definition) is 2. The number of carbonyl (C=O) groups excluding carboxylic acids is 2. The molecular weight excluding hydrogens is 278 g/mol. The fourth-order valence-corrected chi connectivity index (χ4v) is 2.99. The average molecular weight is 297 g/mol. The topological polar surface area (TPSA) is 80.2 Å². The normalized spacial score (nSPS) is 19.2. The van der Waals surface area contributed by atoms with Gasteiger partial charge in [-0.25, -0.2) is 0 Å². The first-order valence-electron chi connectivity index (χ1n) is 6.80. The van der Waals surface area contributed by atoms with E-state index in [1.54, 1.807) is 9.95 Å². The number of aromatic nitrogens is 1. The summed E-state index contributed by atoms with van der Waals surface area (Å²) in [5, 5.41) is 7.30. The van der Waals surface area contributed by atoms with Crippen molar-refractivity contribution in [2.75, 3.05) is 6.54 Å². The van der Waals surface area contributed by atoms with Gasteiger partial charge in [0, 0.05) is 30.6 Å². The minimum Gasteiger partial charge on any atom is -0.354 e. The smallest absolute Gasteiger partial charge is 0.307 e. The molecule has 2 N–H and O–H groups in total. The Morgan fingerprint density at radius 2 is 2.30 bits per heavy atom. The first kappa shape index (κ1) is 14.8. The summed E-state index contributed by atoms with van der Waals surface area (Å²) >= 11 is 1.13. The number of aryl methyl sites for hydroxylation is 1. The van der Waals surface area contributed by atoms with Crippen LogP contribution < -0.4 is 15.5 Å². The van der Waals surface area contributed by atoms with Crippen molar-refractivity contribution in [1.82, 2.24) is 15.2 Å². The second-order valence-corrected chi connectivity index (χ2v) is 5.77. The Morgan fingerprint density at radius 3 is 3.00 bits per heavy atom. The zero-order valence-electron chi connectivity index (χ0n) is 11.5. The standard InChI is InChI=1S/C13H19N3O3S/c1-9-8-20-13(19)16(9)7-5-11(17)15-10-4-2-3-6-14-12(10)18/h8,10H,2-7H2,1H3,(H,14,18)(H,15,17)/t10-/m1/s1. The molecule has 6 nitrogen and oxygen atoms in total. The minimum atomic E-state index is -0.440. The SMILES string of the molecule is Cc1csc(=O)n1CCC(=O)N[C@@H]1CCCCNC1=O. The Morgan fingerprint density at radius 1 is 1.50 bits per heavy atom. The van der Waals surface area contributed by atoms with Crippen LogP contribution in [0.25, 0.3) is 0 Å². The molecule has 1 aromatic heterocycles. The van der Waals surface area contributed by atoms with Crippen molar-refractivity contribution in [3.05, 3.63) is 20.7 Å². The Hall–Kier alpha value is -1.63. The van der Waals surface area contributed by atoms with Gasteiger partial charge < -0.3 is 15.2 Å². The number of hydrogen-bond acceptors (Lipinski definition) is 4. The second-order valence-electron chi connectivity index (χ2n) is 4.95. The van der Waals surface area contributed by atoms with E-state index in [1.165, 1.54) is 0 Å². The molecule has 1 atom stereocenters. The van der Waals surface area contributed by atoms with Crippen LogP contribution in [0.3, 0.4) is 0 Å². The zero-order valence-corrected chi connectivity index (χ0v) is 12.3. The number of nitrogens with one attached hydrogen (secondary N) is 2. The molecule has 1 aliphatic heterocycles. The number of carbonyl (C=O) groups is 2. The quantitative estimate of drug-likeness (QED) is 0.844. The highest BCUT2D eigenvalue weighted by Crippen LogP contribution is 2.06. The van der Waals surface area contributed by atoms with E-state index in [-0.39, 0.29) is 23.1 Å². The predicted molar refractivity (Wildman–Crippen MR) is 76.7 cm³/mol. The van der Waals surface area contributed by atoms with Crippen LogP contribution in [0, 0.1) is 6.92 Å². The van der Waals surface area contributed by atoms with Gasteiger partial charge in [-0.2, -0.15) is 0 Å². The van der Waals surface area contributed by atoms with Gasteiger partial charge in [-0.15, -0.1) is 0 Å². The third-order valence-electron chi connectivity index (χ3n) is 3.41. The first-order valence-corrected chi connectivity index (χ1v) is 7.68. The Kier molecular flexibility index (Phi) is 4.94. The summed E-state index contributed by atoms with van der Waals surface area (Å²) < 4.78 is 1.58. The Balaban J connectivity index is 1.86. The highest BCUT2D eigenvalue weighted by molar-refractivity contribution is 7.07. The summed E-state index contributed by atoms with van der Waals surface area (Å²) in [6, 6.07) is -0.440. The summed E-state index contributed by atoms with van der Waals surface area (Å²) in [5.74, 6) is -0.302. The molecule has 0 radical (unpaired) electrons. The fraction of sp³-hybridized carbons (Fsp3) is 0.615. The molecule has 0 unspecified atom stereocenters. The molecule has 0 aromatic carbocycles. The van der Waals surface area contributed by atoms with E-state index in [9.17, 15) is 14.4 Å². The summed E-state index contributed by atoms with van der Waals surface area (Å²) in [6.07, 6.45) is 2.75. The number of amides is 2. The maximum Gasteiger partial charge on any atom is 0.307 e. The predicted octanol–water partition coefficient (Wildman–Crippen LogP) is 0.393. The Labute approximate surface area is 121 Å². The minimum absolute atomic E-state index is 0.0532. The summed E-state index contributed by atoms with van der Waals surface area (Å²) in [7, 11) is 0. The van der Waals surface area contributed by atoms with E-state index < -0.39 is 6.04 Å². The van der Waals surface area contributed by atoms with Gasteiger partial charge in [0.25, 0.3) is 0 Å². The molecule has 0 aliphatic carbocycles. The monoisotopic (exact) mass is 297 g/mol. The lowest BCUT2D eigenvalue weighted by atomic mass is 10.1. The van der Waals surface area contributed by atoms with E-state index >= 15 is 0 Å². The number of nitrogens with zero attached hydrogens (tertiary/aromatic N) is 1. The molecule has 2 rings (SSSR count). The highest BCUT2D eigenvalue weighted by atomic mass is 32.1. The fourth-order valence-electron chi connectivity index (χ4n) is 2.23. The van der Waals surface area contributed by atoms with Crippen LogP contribution in [0.4, 0.5) is 0 Å². The maximum absolute atomic E-state index is 11.9. The van der Waals surface area contributed by atoms with Crippen LogP contribution in [0.5, 0.6) is 0 Å². The molecule has 2 amide bonds. The summed E-state index contributed by atoms with van der Waals surface area (Å²) in [4.78, 5) is 35.1. The van der Waals surface area contributed by atoms with Crippen molar-refractivity contribution >= 4 is 23.2 Å². The van der Waals surface area contributed by atoms with E-state index in [0.717, 1.165) is 29.9 Å².